The number of nitrogens with one attached hydrogen (secondary N) is 1. The van der Waals surface area contributed by atoms with Crippen LogP contribution in [0, 0.1) is 11.6 Å². The lowest BCUT2D eigenvalue weighted by molar-refractivity contribution is -0.168. The summed E-state index contributed by atoms with van der Waals surface area (Å²) in [4.78, 5) is 22.6. The molecule has 5 nitrogen and oxygen atoms in total. The molecule has 24 heavy (non-hydrogen) atoms. The van der Waals surface area contributed by atoms with Gasteiger partial charge in [0.05, 0.1) is 0 Å². The van der Waals surface area contributed by atoms with Gasteiger partial charge in [0.2, 0.25) is 5.91 Å². The zero-order chi connectivity index (χ0) is 18.1. The van der Waals surface area contributed by atoms with Crippen LogP contribution in [0.5, 0.6) is 0 Å². The number of halogens is 5. The van der Waals surface area contributed by atoms with Crippen molar-refractivity contribution in [1.29, 1.82) is 0 Å². The molecular formula is C14H12F5NO4. The molecule has 0 aromatic heterocycles. The SMILES string of the molecule is O=C(NC(c1cccc(F)c1F)C(F)(F)F)[C@@H]1CC[C@H](C(=O)O)O1. The third-order valence-electron chi connectivity index (χ3n) is 3.49. The maximum atomic E-state index is 13.6. The lowest BCUT2D eigenvalue weighted by atomic mass is 10.0. The third-order valence-corrected chi connectivity index (χ3v) is 3.49. The van der Waals surface area contributed by atoms with Crippen molar-refractivity contribution < 1.29 is 41.4 Å². The minimum atomic E-state index is -5.09. The Morgan fingerprint density at radius 1 is 1.21 bits per heavy atom. The Hall–Kier alpha value is -2.23. The third kappa shape index (κ3) is 3.81. The zero-order valence-corrected chi connectivity index (χ0v) is 11.9. The second-order valence-electron chi connectivity index (χ2n) is 5.16. The highest BCUT2D eigenvalue weighted by Crippen LogP contribution is 2.35. The van der Waals surface area contributed by atoms with Gasteiger partial charge >= 0.3 is 12.1 Å². The van der Waals surface area contributed by atoms with Gasteiger partial charge in [-0.2, -0.15) is 13.2 Å². The van der Waals surface area contributed by atoms with Gasteiger partial charge in [-0.05, 0) is 18.9 Å². The topological polar surface area (TPSA) is 75.6 Å². The van der Waals surface area contributed by atoms with Crippen LogP contribution in [0.1, 0.15) is 24.4 Å². The molecule has 2 N–H and O–H groups in total. The predicted molar refractivity (Wildman–Crippen MR) is 68.8 cm³/mol. The summed E-state index contributed by atoms with van der Waals surface area (Å²) in [6.45, 7) is 0. The van der Waals surface area contributed by atoms with Crippen molar-refractivity contribution in [3.8, 4) is 0 Å². The van der Waals surface area contributed by atoms with Gasteiger partial charge in [0.1, 0.15) is 6.10 Å². The molecule has 1 saturated heterocycles. The molecule has 3 atom stereocenters. The van der Waals surface area contributed by atoms with Crippen LogP contribution in [0.25, 0.3) is 0 Å². The minimum Gasteiger partial charge on any atom is -0.479 e. The normalized spacial score (nSPS) is 22.2. The van der Waals surface area contributed by atoms with Crippen LogP contribution in [0.15, 0.2) is 18.2 Å². The predicted octanol–water partition coefficient (Wildman–Crippen LogP) is 2.32. The molecule has 1 aliphatic heterocycles. The highest BCUT2D eigenvalue weighted by atomic mass is 19.4. The summed E-state index contributed by atoms with van der Waals surface area (Å²) in [5, 5.41) is 10.3. The van der Waals surface area contributed by atoms with E-state index in [0.717, 1.165) is 6.07 Å². The van der Waals surface area contributed by atoms with E-state index in [-0.39, 0.29) is 12.8 Å². The van der Waals surface area contributed by atoms with E-state index >= 15 is 0 Å². The smallest absolute Gasteiger partial charge is 0.412 e. The number of ether oxygens (including phenoxy) is 1. The highest BCUT2D eigenvalue weighted by molar-refractivity contribution is 5.83. The summed E-state index contributed by atoms with van der Waals surface area (Å²) in [6, 6.07) is -0.559. The number of carboxylic acid groups (broad SMARTS) is 1. The summed E-state index contributed by atoms with van der Waals surface area (Å²) in [5.41, 5.74) is -1.08. The van der Waals surface area contributed by atoms with Gasteiger partial charge in [-0.1, -0.05) is 12.1 Å². The number of carboxylic acids is 1. The molecule has 1 unspecified atom stereocenters. The van der Waals surface area contributed by atoms with Gasteiger partial charge in [0.25, 0.3) is 0 Å². The molecule has 2 rings (SSSR count). The number of carbonyl (C=O) groups is 2. The fourth-order valence-electron chi connectivity index (χ4n) is 2.33. The minimum absolute atomic E-state index is 0.0432. The van der Waals surface area contributed by atoms with Crippen LogP contribution < -0.4 is 5.32 Å². The second kappa shape index (κ2) is 6.71. The van der Waals surface area contributed by atoms with Crippen molar-refractivity contribution in [2.75, 3.05) is 0 Å². The first-order valence-corrected chi connectivity index (χ1v) is 6.80. The van der Waals surface area contributed by atoms with E-state index < -0.39 is 53.5 Å². The van der Waals surface area contributed by atoms with Crippen molar-refractivity contribution in [3.63, 3.8) is 0 Å². The van der Waals surface area contributed by atoms with Crippen LogP contribution >= 0.6 is 0 Å². The van der Waals surface area contributed by atoms with Crippen molar-refractivity contribution in [1.82, 2.24) is 5.32 Å². The molecule has 0 bridgehead atoms. The van der Waals surface area contributed by atoms with Gasteiger partial charge in [0, 0.05) is 5.56 Å². The Labute approximate surface area is 132 Å². The standard InChI is InChI=1S/C14H12F5NO4/c15-7-3-1-2-6(10(7)16)11(14(17,18)19)20-12(21)8-4-5-9(24-8)13(22)23/h1-3,8-9,11H,4-5H2,(H,20,21)(H,22,23)/t8-,9+,11?/m0/s1. The summed E-state index contributed by atoms with van der Waals surface area (Å²) >= 11 is 0. The summed E-state index contributed by atoms with van der Waals surface area (Å²) in [6.07, 6.45) is -7.93. The number of amides is 1. The van der Waals surface area contributed by atoms with Crippen LogP contribution in [-0.2, 0) is 14.3 Å². The number of benzene rings is 1. The number of hydrogen-bond acceptors (Lipinski definition) is 3. The van der Waals surface area contributed by atoms with E-state index in [9.17, 15) is 31.5 Å². The average molecular weight is 353 g/mol. The van der Waals surface area contributed by atoms with Crippen LogP contribution in [0.2, 0.25) is 0 Å². The van der Waals surface area contributed by atoms with Crippen molar-refractivity contribution >= 4 is 11.9 Å². The Balaban J connectivity index is 2.20. The first kappa shape index (κ1) is 18.1. The fourth-order valence-corrected chi connectivity index (χ4v) is 2.33. The molecule has 0 aliphatic carbocycles. The van der Waals surface area contributed by atoms with Crippen LogP contribution in [-0.4, -0.2) is 35.4 Å². The largest absolute Gasteiger partial charge is 0.479 e. The monoisotopic (exact) mass is 353 g/mol. The van der Waals surface area contributed by atoms with E-state index in [1.165, 1.54) is 0 Å². The Morgan fingerprint density at radius 2 is 1.83 bits per heavy atom. The first-order valence-electron chi connectivity index (χ1n) is 6.80. The van der Waals surface area contributed by atoms with Crippen molar-refractivity contribution in [3.05, 3.63) is 35.4 Å². The molecule has 0 saturated carbocycles. The maximum absolute atomic E-state index is 13.6. The average Bonchev–Trinajstić information content (AvgIpc) is 2.97. The molecule has 1 aromatic carbocycles. The lowest BCUT2D eigenvalue weighted by Gasteiger charge is -2.24. The highest BCUT2D eigenvalue weighted by Gasteiger charge is 2.45. The second-order valence-corrected chi connectivity index (χ2v) is 5.16. The van der Waals surface area contributed by atoms with E-state index in [1.54, 1.807) is 5.32 Å². The molecular weight excluding hydrogens is 341 g/mol. The Morgan fingerprint density at radius 3 is 2.38 bits per heavy atom. The molecule has 1 aromatic rings. The molecule has 132 valence electrons. The van der Waals surface area contributed by atoms with Crippen LogP contribution in [0.3, 0.4) is 0 Å². The number of aliphatic carboxylic acids is 1. The summed E-state index contributed by atoms with van der Waals surface area (Å²) in [7, 11) is 0. The molecule has 1 heterocycles. The number of carbonyl (C=O) groups excluding carboxylic acids is 1. The number of hydrogen-bond donors (Lipinski definition) is 2. The molecule has 1 amide bonds. The van der Waals surface area contributed by atoms with Gasteiger partial charge in [-0.3, -0.25) is 4.79 Å². The van der Waals surface area contributed by atoms with Gasteiger partial charge in [-0.15, -0.1) is 0 Å². The molecule has 0 spiro atoms. The van der Waals surface area contributed by atoms with Crippen LogP contribution in [0.4, 0.5) is 22.0 Å². The van der Waals surface area contributed by atoms with E-state index in [2.05, 4.69) is 0 Å². The van der Waals surface area contributed by atoms with E-state index in [4.69, 9.17) is 9.84 Å². The molecule has 1 aliphatic rings. The quantitative estimate of drug-likeness (QED) is 0.815. The van der Waals surface area contributed by atoms with Crippen molar-refractivity contribution in [2.45, 2.75) is 37.3 Å². The van der Waals surface area contributed by atoms with Crippen molar-refractivity contribution in [2.24, 2.45) is 0 Å². The Kier molecular flexibility index (Phi) is 5.07. The summed E-state index contributed by atoms with van der Waals surface area (Å²) < 4.78 is 71.0. The molecule has 1 fully saturated rings. The molecule has 10 heteroatoms. The van der Waals surface area contributed by atoms with Gasteiger partial charge < -0.3 is 15.2 Å². The number of alkyl halides is 3. The first-order chi connectivity index (χ1) is 11.1. The lowest BCUT2D eigenvalue weighted by Crippen LogP contribution is -2.43. The summed E-state index contributed by atoms with van der Waals surface area (Å²) in [5.74, 6) is -5.80. The fraction of sp³-hybridized carbons (Fsp3) is 0.429. The Bertz CT molecular complexity index is 649. The molecule has 0 radical (unpaired) electrons. The van der Waals surface area contributed by atoms with E-state index in [0.29, 0.717) is 12.1 Å². The maximum Gasteiger partial charge on any atom is 0.412 e. The van der Waals surface area contributed by atoms with Gasteiger partial charge in [-0.25, -0.2) is 13.6 Å². The van der Waals surface area contributed by atoms with Gasteiger partial charge in [0.15, 0.2) is 23.8 Å². The zero-order valence-electron chi connectivity index (χ0n) is 11.9. The van der Waals surface area contributed by atoms with E-state index in [1.807, 2.05) is 0 Å². The number of rotatable bonds is 4.